The zero-order valence-corrected chi connectivity index (χ0v) is 37.9. The first kappa shape index (κ1) is 42.4. The molecule has 0 saturated carbocycles. The van der Waals surface area contributed by atoms with Crippen molar-refractivity contribution in [3.8, 4) is 22.3 Å². The van der Waals surface area contributed by atoms with Gasteiger partial charge in [0.15, 0.2) is 0 Å². The molecule has 0 spiro atoms. The molecule has 1 aliphatic carbocycles. The fourth-order valence-electron chi connectivity index (χ4n) is 9.56. The maximum absolute atomic E-state index is 4.32. The van der Waals surface area contributed by atoms with Crippen LogP contribution in [0.1, 0.15) is 65.3 Å². The Bertz CT molecular complexity index is 3180. The molecule has 2 heteroatoms. The van der Waals surface area contributed by atoms with Gasteiger partial charge in [0.05, 0.1) is 11.4 Å². The van der Waals surface area contributed by atoms with E-state index in [2.05, 4.69) is 221 Å². The lowest BCUT2D eigenvalue weighted by Crippen LogP contribution is -2.18. The van der Waals surface area contributed by atoms with Crippen LogP contribution in [0.3, 0.4) is 0 Å². The molecule has 65 heavy (non-hydrogen) atoms. The number of para-hydroxylation sites is 2. The first-order chi connectivity index (χ1) is 31.6. The summed E-state index contributed by atoms with van der Waals surface area (Å²) >= 11 is 0. The minimum atomic E-state index is -0.187. The van der Waals surface area contributed by atoms with Crippen LogP contribution >= 0.6 is 0 Å². The van der Waals surface area contributed by atoms with Gasteiger partial charge < -0.3 is 9.80 Å². The normalized spacial score (nSPS) is 13.6. The molecule has 0 bridgehead atoms. The van der Waals surface area contributed by atoms with Crippen LogP contribution in [0.25, 0.3) is 63.4 Å². The van der Waals surface area contributed by atoms with Gasteiger partial charge in [-0.15, -0.1) is 0 Å². The fraction of sp³-hybridized carbons (Fsp3) is 0.0794. The highest BCUT2D eigenvalue weighted by atomic mass is 15.2. The summed E-state index contributed by atoms with van der Waals surface area (Å²) in [5.74, 6) is 0. The molecule has 2 nitrogen and oxygen atoms in total. The third-order valence-electron chi connectivity index (χ3n) is 12.9. The highest BCUT2D eigenvalue weighted by Gasteiger charge is 2.36. The van der Waals surface area contributed by atoms with Gasteiger partial charge in [-0.1, -0.05) is 192 Å². The predicted molar refractivity (Wildman–Crippen MR) is 285 cm³/mol. The van der Waals surface area contributed by atoms with E-state index >= 15 is 0 Å². The molecule has 0 radical (unpaired) electrons. The quantitative estimate of drug-likeness (QED) is 0.0893. The van der Waals surface area contributed by atoms with Crippen LogP contribution < -0.4 is 9.80 Å². The Morgan fingerprint density at radius 1 is 0.600 bits per heavy atom. The van der Waals surface area contributed by atoms with Crippen LogP contribution in [0.4, 0.5) is 22.7 Å². The van der Waals surface area contributed by atoms with E-state index in [-0.39, 0.29) is 5.41 Å². The molecule has 0 atom stereocenters. The van der Waals surface area contributed by atoms with Crippen LogP contribution in [0, 0.1) is 6.92 Å². The zero-order valence-electron chi connectivity index (χ0n) is 37.9. The maximum atomic E-state index is 4.32. The van der Waals surface area contributed by atoms with Crippen LogP contribution in [0.2, 0.25) is 0 Å². The summed E-state index contributed by atoms with van der Waals surface area (Å²) in [5, 5.41) is 2.29. The Morgan fingerprint density at radius 2 is 1.23 bits per heavy atom. The molecular weight excluding hydrogens is 785 g/mol. The van der Waals surface area contributed by atoms with Gasteiger partial charge in [0, 0.05) is 28.2 Å². The number of hydrogen-bond acceptors (Lipinski definition) is 2. The molecule has 1 aliphatic heterocycles. The van der Waals surface area contributed by atoms with Gasteiger partial charge in [-0.25, -0.2) is 0 Å². The van der Waals surface area contributed by atoms with Gasteiger partial charge in [-0.05, 0) is 146 Å². The second-order valence-corrected chi connectivity index (χ2v) is 17.3. The molecule has 1 heterocycles. The molecule has 0 saturated heterocycles. The molecule has 0 unspecified atom stereocenters. The van der Waals surface area contributed by atoms with Crippen LogP contribution in [-0.2, 0) is 5.41 Å². The Morgan fingerprint density at radius 3 is 1.94 bits per heavy atom. The second kappa shape index (κ2) is 17.7. The summed E-state index contributed by atoms with van der Waals surface area (Å²) in [4.78, 5) is 4.48. The Labute approximate surface area is 385 Å². The maximum Gasteiger partial charge on any atom is 0.0534 e. The van der Waals surface area contributed by atoms with Crippen molar-refractivity contribution >= 4 is 63.9 Å². The highest BCUT2D eigenvalue weighted by molar-refractivity contribution is 5.96. The third-order valence-corrected chi connectivity index (χ3v) is 12.9. The standard InChI is InChI=1S/C63H54N2/c1-9-12-19-44(5)64(43(4)18-11-3)53-34-32-50-40-52(31-30-51(50)41-53)56-37-33-47(45(6)55(56)22-13-10-2)27-25-46-26-36-57-58-38-35-54(42-60(58)63(7,8)59(57)39-46)65-61-23-16-14-20-48(61)28-29-49-21-15-17-24-62(49)65/h9-42H,1-2,4-5H2,3,6-8H3. The minimum Gasteiger partial charge on any atom is -0.312 e. The van der Waals surface area contributed by atoms with Crippen molar-refractivity contribution in [1.82, 2.24) is 0 Å². The Hall–Kier alpha value is -7.94. The van der Waals surface area contributed by atoms with Crippen molar-refractivity contribution in [2.75, 3.05) is 9.80 Å². The monoisotopic (exact) mass is 838 g/mol. The molecule has 0 fully saturated rings. The number of benzene rings is 7. The number of nitrogens with zero attached hydrogens (tertiary/aromatic N) is 2. The summed E-state index contributed by atoms with van der Waals surface area (Å²) in [6.45, 7) is 25.4. The SMILES string of the molecule is C=CC=CC(=C)N(C(=C)C=CC)c1ccc2cc(-c3ccc(C=Cc4ccc5c(c4)C(C)(C)c4cc(N6c7ccccc7C=Cc7ccccc76)ccc4-5)c(C)c3C=CC=C)ccc2c1. The molecule has 7 aromatic rings. The van der Waals surface area contributed by atoms with E-state index in [0.29, 0.717) is 0 Å². The zero-order chi connectivity index (χ0) is 45.2. The van der Waals surface area contributed by atoms with E-state index in [1.54, 1.807) is 6.08 Å². The van der Waals surface area contributed by atoms with Crippen molar-refractivity contribution in [2.24, 2.45) is 0 Å². The minimum absolute atomic E-state index is 0.187. The highest BCUT2D eigenvalue weighted by Crippen LogP contribution is 2.52. The summed E-state index contributed by atoms with van der Waals surface area (Å²) in [6, 6.07) is 49.0. The average Bonchev–Trinajstić information content (AvgIpc) is 3.42. The van der Waals surface area contributed by atoms with Gasteiger partial charge in [0.2, 0.25) is 0 Å². The van der Waals surface area contributed by atoms with Crippen molar-refractivity contribution in [3.63, 3.8) is 0 Å². The summed E-state index contributed by atoms with van der Waals surface area (Å²) in [6.07, 6.45) is 24.6. The lowest BCUT2D eigenvalue weighted by atomic mass is 9.81. The third kappa shape index (κ3) is 7.89. The second-order valence-electron chi connectivity index (χ2n) is 17.3. The van der Waals surface area contributed by atoms with Crippen molar-refractivity contribution in [1.29, 1.82) is 0 Å². The van der Waals surface area contributed by atoms with Crippen LogP contribution in [0.15, 0.2) is 214 Å². The van der Waals surface area contributed by atoms with Crippen molar-refractivity contribution < 1.29 is 0 Å². The van der Waals surface area contributed by atoms with Gasteiger partial charge in [0.25, 0.3) is 0 Å². The molecule has 0 N–H and O–H groups in total. The Kier molecular flexibility index (Phi) is 11.5. The average molecular weight is 839 g/mol. The van der Waals surface area contributed by atoms with Crippen molar-refractivity contribution in [3.05, 3.63) is 258 Å². The number of hydrogen-bond donors (Lipinski definition) is 0. The summed E-state index contributed by atoms with van der Waals surface area (Å²) in [7, 11) is 0. The van der Waals surface area contributed by atoms with E-state index in [9.17, 15) is 0 Å². The summed E-state index contributed by atoms with van der Waals surface area (Å²) < 4.78 is 0. The van der Waals surface area contributed by atoms with E-state index < -0.39 is 0 Å². The number of anilines is 4. The topological polar surface area (TPSA) is 6.48 Å². The smallest absolute Gasteiger partial charge is 0.0534 e. The van der Waals surface area contributed by atoms with Crippen LogP contribution in [-0.4, -0.2) is 0 Å². The van der Waals surface area contributed by atoms with Gasteiger partial charge in [-0.3, -0.25) is 0 Å². The number of fused-ring (bicyclic) bond motifs is 6. The largest absolute Gasteiger partial charge is 0.312 e. The van der Waals surface area contributed by atoms with E-state index in [4.69, 9.17) is 0 Å². The lowest BCUT2D eigenvalue weighted by Gasteiger charge is -2.29. The number of rotatable bonds is 12. The molecule has 9 rings (SSSR count). The van der Waals surface area contributed by atoms with Gasteiger partial charge in [0.1, 0.15) is 0 Å². The van der Waals surface area contributed by atoms with E-state index in [1.807, 2.05) is 43.4 Å². The first-order valence-corrected chi connectivity index (χ1v) is 22.3. The molecular formula is C63H54N2. The predicted octanol–water partition coefficient (Wildman–Crippen LogP) is 17.6. The first-order valence-electron chi connectivity index (χ1n) is 22.3. The number of allylic oxidation sites excluding steroid dienone is 7. The van der Waals surface area contributed by atoms with Gasteiger partial charge >= 0.3 is 0 Å². The molecule has 0 aromatic heterocycles. The van der Waals surface area contributed by atoms with Gasteiger partial charge in [-0.2, -0.15) is 0 Å². The molecule has 316 valence electrons. The van der Waals surface area contributed by atoms with E-state index in [0.717, 1.165) is 33.4 Å². The molecule has 2 aliphatic rings. The van der Waals surface area contributed by atoms with E-state index in [1.165, 1.54) is 78.3 Å². The van der Waals surface area contributed by atoms with Crippen LogP contribution in [0.5, 0.6) is 0 Å². The fourth-order valence-corrected chi connectivity index (χ4v) is 9.56. The molecule has 7 aromatic carbocycles. The molecule has 0 amide bonds. The summed E-state index contributed by atoms with van der Waals surface area (Å²) in [5.41, 5.74) is 20.8. The lowest BCUT2D eigenvalue weighted by molar-refractivity contribution is 0.660. The Balaban J connectivity index is 1.01. The van der Waals surface area contributed by atoms with Crippen molar-refractivity contribution in [2.45, 2.75) is 33.1 Å².